The molecule has 1 unspecified atom stereocenters. The van der Waals surface area contributed by atoms with Crippen molar-refractivity contribution in [3.8, 4) is 0 Å². The standard InChI is InChI=1S/C14H28N2O5/c1-14(13(15)17,16-12-3-4-12)11-21-10-9-20-8-7-19-6-5-18-2/h12,16H,3-11H2,1-2H3,(H2,15,17). The van der Waals surface area contributed by atoms with Crippen LogP contribution in [0.25, 0.3) is 0 Å². The fourth-order valence-electron chi connectivity index (χ4n) is 1.72. The summed E-state index contributed by atoms with van der Waals surface area (Å²) in [6.45, 7) is 5.12. The molecule has 0 bridgehead atoms. The van der Waals surface area contributed by atoms with E-state index in [1.165, 1.54) is 0 Å². The van der Waals surface area contributed by atoms with Crippen LogP contribution in [0.4, 0.5) is 0 Å². The molecule has 21 heavy (non-hydrogen) atoms. The average molecular weight is 304 g/mol. The molecule has 1 atom stereocenters. The summed E-state index contributed by atoms with van der Waals surface area (Å²) in [4.78, 5) is 11.5. The largest absolute Gasteiger partial charge is 0.382 e. The molecule has 0 aromatic carbocycles. The highest BCUT2D eigenvalue weighted by Gasteiger charge is 2.37. The summed E-state index contributed by atoms with van der Waals surface area (Å²) in [5.41, 5.74) is 4.63. The van der Waals surface area contributed by atoms with E-state index in [0.717, 1.165) is 12.8 Å². The second kappa shape index (κ2) is 10.1. The molecule has 1 fully saturated rings. The average Bonchev–Trinajstić information content (AvgIpc) is 3.24. The molecule has 0 aromatic heterocycles. The summed E-state index contributed by atoms with van der Waals surface area (Å²) in [5, 5.41) is 3.23. The van der Waals surface area contributed by atoms with E-state index in [1.807, 2.05) is 0 Å². The van der Waals surface area contributed by atoms with E-state index in [9.17, 15) is 4.79 Å². The van der Waals surface area contributed by atoms with Crippen molar-refractivity contribution in [1.29, 1.82) is 0 Å². The predicted octanol–water partition coefficient (Wildman–Crippen LogP) is -0.321. The third-order valence-corrected chi connectivity index (χ3v) is 3.21. The smallest absolute Gasteiger partial charge is 0.239 e. The second-order valence-corrected chi connectivity index (χ2v) is 5.39. The maximum Gasteiger partial charge on any atom is 0.239 e. The van der Waals surface area contributed by atoms with Gasteiger partial charge in [0.15, 0.2) is 0 Å². The Hall–Kier alpha value is -0.730. The first kappa shape index (κ1) is 18.3. The monoisotopic (exact) mass is 304 g/mol. The molecule has 1 saturated carbocycles. The molecule has 1 amide bonds. The first-order valence-corrected chi connectivity index (χ1v) is 7.38. The molecule has 1 aliphatic rings. The van der Waals surface area contributed by atoms with Gasteiger partial charge in [-0.1, -0.05) is 0 Å². The molecule has 1 rings (SSSR count). The first-order chi connectivity index (χ1) is 10.1. The van der Waals surface area contributed by atoms with Crippen molar-refractivity contribution >= 4 is 5.91 Å². The van der Waals surface area contributed by atoms with Crippen molar-refractivity contribution in [2.24, 2.45) is 5.73 Å². The number of ether oxygens (including phenoxy) is 4. The molecule has 7 nitrogen and oxygen atoms in total. The Bertz CT molecular complexity index is 299. The fraction of sp³-hybridized carbons (Fsp3) is 0.929. The van der Waals surface area contributed by atoms with Crippen molar-refractivity contribution in [2.75, 3.05) is 53.4 Å². The zero-order valence-corrected chi connectivity index (χ0v) is 13.1. The van der Waals surface area contributed by atoms with Gasteiger partial charge in [0.2, 0.25) is 5.91 Å². The molecular formula is C14H28N2O5. The number of hydrogen-bond acceptors (Lipinski definition) is 6. The van der Waals surface area contributed by atoms with Crippen molar-refractivity contribution in [3.63, 3.8) is 0 Å². The molecule has 0 aliphatic heterocycles. The highest BCUT2D eigenvalue weighted by molar-refractivity contribution is 5.84. The van der Waals surface area contributed by atoms with Crippen LogP contribution in [0.2, 0.25) is 0 Å². The number of methoxy groups -OCH3 is 1. The third kappa shape index (κ3) is 8.33. The van der Waals surface area contributed by atoms with Crippen LogP contribution in [-0.4, -0.2) is 70.8 Å². The fourth-order valence-corrected chi connectivity index (χ4v) is 1.72. The van der Waals surface area contributed by atoms with Crippen molar-refractivity contribution in [1.82, 2.24) is 5.32 Å². The number of amides is 1. The van der Waals surface area contributed by atoms with Crippen LogP contribution in [0.3, 0.4) is 0 Å². The minimum absolute atomic E-state index is 0.256. The second-order valence-electron chi connectivity index (χ2n) is 5.39. The summed E-state index contributed by atoms with van der Waals surface area (Å²) < 4.78 is 20.9. The quantitative estimate of drug-likeness (QED) is 0.427. The summed E-state index contributed by atoms with van der Waals surface area (Å²) in [6, 6.07) is 0.395. The normalized spacial score (nSPS) is 17.6. The van der Waals surface area contributed by atoms with E-state index in [-0.39, 0.29) is 12.5 Å². The van der Waals surface area contributed by atoms with Crippen LogP contribution in [0, 0.1) is 0 Å². The Labute approximate surface area is 126 Å². The SMILES string of the molecule is COCCOCCOCCOCC(C)(NC1CC1)C(N)=O. The van der Waals surface area contributed by atoms with Gasteiger partial charge in [-0.25, -0.2) is 0 Å². The Morgan fingerprint density at radius 2 is 1.62 bits per heavy atom. The van der Waals surface area contributed by atoms with Crippen LogP contribution in [0.15, 0.2) is 0 Å². The van der Waals surface area contributed by atoms with Crippen molar-refractivity contribution in [2.45, 2.75) is 31.3 Å². The Kier molecular flexibility index (Phi) is 8.79. The Morgan fingerprint density at radius 3 is 2.10 bits per heavy atom. The van der Waals surface area contributed by atoms with Gasteiger partial charge in [0.05, 0.1) is 46.2 Å². The molecule has 0 radical (unpaired) electrons. The molecule has 1 aliphatic carbocycles. The number of hydrogen-bond donors (Lipinski definition) is 2. The molecule has 3 N–H and O–H groups in total. The topological polar surface area (TPSA) is 92.0 Å². The maximum atomic E-state index is 11.5. The Balaban J connectivity index is 1.97. The maximum absolute atomic E-state index is 11.5. The van der Waals surface area contributed by atoms with Crippen LogP contribution in [0.1, 0.15) is 19.8 Å². The summed E-state index contributed by atoms with van der Waals surface area (Å²) >= 11 is 0. The van der Waals surface area contributed by atoms with Crippen molar-refractivity contribution in [3.05, 3.63) is 0 Å². The summed E-state index contributed by atoms with van der Waals surface area (Å²) in [7, 11) is 1.63. The minimum atomic E-state index is -0.801. The number of primary amides is 1. The van der Waals surface area contributed by atoms with E-state index in [4.69, 9.17) is 24.7 Å². The van der Waals surface area contributed by atoms with Gasteiger partial charge in [-0.2, -0.15) is 0 Å². The van der Waals surface area contributed by atoms with E-state index in [2.05, 4.69) is 5.32 Å². The molecule has 0 heterocycles. The third-order valence-electron chi connectivity index (χ3n) is 3.21. The van der Waals surface area contributed by atoms with Gasteiger partial charge in [0.25, 0.3) is 0 Å². The number of nitrogens with one attached hydrogen (secondary N) is 1. The van der Waals surface area contributed by atoms with Gasteiger partial charge in [-0.15, -0.1) is 0 Å². The molecule has 0 spiro atoms. The number of carbonyl (C=O) groups is 1. The minimum Gasteiger partial charge on any atom is -0.382 e. The van der Waals surface area contributed by atoms with Gasteiger partial charge in [-0.05, 0) is 19.8 Å². The lowest BCUT2D eigenvalue weighted by atomic mass is 10.0. The van der Waals surface area contributed by atoms with Gasteiger partial charge in [-0.3, -0.25) is 10.1 Å². The number of carbonyl (C=O) groups excluding carboxylic acids is 1. The number of rotatable bonds is 14. The summed E-state index contributed by atoms with van der Waals surface area (Å²) in [5.74, 6) is -0.387. The van der Waals surface area contributed by atoms with Crippen LogP contribution < -0.4 is 11.1 Å². The highest BCUT2D eigenvalue weighted by Crippen LogP contribution is 2.22. The zero-order chi connectivity index (χ0) is 15.6. The van der Waals surface area contributed by atoms with Gasteiger partial charge >= 0.3 is 0 Å². The lowest BCUT2D eigenvalue weighted by Gasteiger charge is -2.27. The first-order valence-electron chi connectivity index (χ1n) is 7.38. The van der Waals surface area contributed by atoms with E-state index in [1.54, 1.807) is 14.0 Å². The number of nitrogens with two attached hydrogens (primary N) is 1. The van der Waals surface area contributed by atoms with E-state index in [0.29, 0.717) is 45.7 Å². The Morgan fingerprint density at radius 1 is 1.10 bits per heavy atom. The summed E-state index contributed by atoms with van der Waals surface area (Å²) in [6.07, 6.45) is 2.18. The lowest BCUT2D eigenvalue weighted by Crippen LogP contribution is -2.57. The van der Waals surface area contributed by atoms with Crippen LogP contribution in [0.5, 0.6) is 0 Å². The van der Waals surface area contributed by atoms with Gasteiger partial charge < -0.3 is 24.7 Å². The van der Waals surface area contributed by atoms with Crippen molar-refractivity contribution < 1.29 is 23.7 Å². The van der Waals surface area contributed by atoms with Gasteiger partial charge in [0.1, 0.15) is 5.54 Å². The highest BCUT2D eigenvalue weighted by atomic mass is 16.6. The van der Waals surface area contributed by atoms with E-state index < -0.39 is 5.54 Å². The molecule has 0 aromatic rings. The molecule has 124 valence electrons. The van der Waals surface area contributed by atoms with Crippen LogP contribution >= 0.6 is 0 Å². The molecular weight excluding hydrogens is 276 g/mol. The van der Waals surface area contributed by atoms with Gasteiger partial charge in [0, 0.05) is 13.2 Å². The molecule has 0 saturated heterocycles. The zero-order valence-electron chi connectivity index (χ0n) is 13.1. The predicted molar refractivity (Wildman–Crippen MR) is 78.1 cm³/mol. The lowest BCUT2D eigenvalue weighted by molar-refractivity contribution is -0.126. The van der Waals surface area contributed by atoms with E-state index >= 15 is 0 Å². The van der Waals surface area contributed by atoms with Crippen LogP contribution in [-0.2, 0) is 23.7 Å². The molecule has 7 heteroatoms.